The first kappa shape index (κ1) is 17.4. The fourth-order valence-electron chi connectivity index (χ4n) is 7.13. The highest BCUT2D eigenvalue weighted by Crippen LogP contribution is 2.50. The van der Waals surface area contributed by atoms with Gasteiger partial charge in [0.15, 0.2) is 0 Å². The average Bonchev–Trinajstić information content (AvgIpc) is 3.55. The van der Waals surface area contributed by atoms with E-state index >= 15 is 0 Å². The number of rotatable bonds is 0. The molecule has 0 saturated carbocycles. The largest absolute Gasteiger partial charge is 0.309 e. The molecule has 1 nitrogen and oxygen atoms in total. The zero-order valence-corrected chi connectivity index (χ0v) is 18.7. The van der Waals surface area contributed by atoms with E-state index in [9.17, 15) is 0 Å². The summed E-state index contributed by atoms with van der Waals surface area (Å²) in [5.41, 5.74) is 18.9. The molecule has 0 atom stereocenters. The molecule has 1 aromatic heterocycles. The van der Waals surface area contributed by atoms with Crippen molar-refractivity contribution in [2.75, 3.05) is 0 Å². The van der Waals surface area contributed by atoms with Crippen molar-refractivity contribution in [1.82, 2.24) is 4.57 Å². The van der Waals surface area contributed by atoms with Gasteiger partial charge >= 0.3 is 0 Å². The molecule has 0 amide bonds. The first-order valence-electron chi connectivity index (χ1n) is 12.3. The summed E-state index contributed by atoms with van der Waals surface area (Å²) < 4.78 is 2.53. The summed E-state index contributed by atoms with van der Waals surface area (Å²) in [6, 6.07) is 34.2. The Kier molecular flexibility index (Phi) is 3.00. The van der Waals surface area contributed by atoms with Crippen molar-refractivity contribution < 1.29 is 0 Å². The number of fused-ring (bicyclic) bond motifs is 13. The lowest BCUT2D eigenvalue weighted by Gasteiger charge is -2.23. The second-order valence-corrected chi connectivity index (χ2v) is 10.1. The lowest BCUT2D eigenvalue weighted by atomic mass is 9.91. The molecule has 2 heterocycles. The molecule has 0 saturated heterocycles. The lowest BCUT2D eigenvalue weighted by Crippen LogP contribution is -2.10. The van der Waals surface area contributed by atoms with E-state index in [2.05, 4.69) is 95.6 Å². The van der Waals surface area contributed by atoms with Crippen LogP contribution in [0.2, 0.25) is 0 Å². The molecule has 0 bridgehead atoms. The zero-order chi connectivity index (χ0) is 22.0. The molecule has 158 valence electrons. The normalized spacial score (nSPS) is 14.1. The van der Waals surface area contributed by atoms with Crippen LogP contribution >= 0.6 is 0 Å². The van der Waals surface area contributed by atoms with Gasteiger partial charge in [0.2, 0.25) is 0 Å². The molecular weight excluding hydrogens is 410 g/mol. The van der Waals surface area contributed by atoms with Crippen LogP contribution in [0.5, 0.6) is 0 Å². The van der Waals surface area contributed by atoms with E-state index in [0.29, 0.717) is 0 Å². The molecule has 1 aliphatic heterocycles. The fourth-order valence-corrected chi connectivity index (χ4v) is 7.13. The minimum absolute atomic E-state index is 1.01. The van der Waals surface area contributed by atoms with Gasteiger partial charge in [-0.25, -0.2) is 0 Å². The van der Waals surface area contributed by atoms with Gasteiger partial charge in [0.25, 0.3) is 0 Å². The molecule has 6 aromatic rings. The van der Waals surface area contributed by atoms with Crippen LogP contribution in [-0.2, 0) is 19.3 Å². The van der Waals surface area contributed by atoms with Gasteiger partial charge in [-0.2, -0.15) is 0 Å². The summed E-state index contributed by atoms with van der Waals surface area (Å²) in [4.78, 5) is 0. The van der Waals surface area contributed by atoms with Crippen LogP contribution in [0.4, 0.5) is 0 Å². The standard InChI is InChI=1S/C33H21N/c1-2-8-22-19(6-1)16-20-12-13-24-23-14-15-31-28(27(23)18-29(24)32(20)22)17-21-7-5-10-26-25-9-3-4-11-30(25)34(31)33(21)26/h1-15H,16-18H2. The van der Waals surface area contributed by atoms with E-state index < -0.39 is 0 Å². The Morgan fingerprint density at radius 3 is 2.26 bits per heavy atom. The molecule has 5 aromatic carbocycles. The third-order valence-corrected chi connectivity index (χ3v) is 8.50. The molecule has 0 unspecified atom stereocenters. The topological polar surface area (TPSA) is 4.93 Å². The van der Waals surface area contributed by atoms with E-state index in [1.807, 2.05) is 0 Å². The van der Waals surface area contributed by atoms with Crippen molar-refractivity contribution in [3.05, 3.63) is 124 Å². The molecule has 0 spiro atoms. The number of aromatic nitrogens is 1. The molecule has 2 aliphatic carbocycles. The Hall–Kier alpha value is -4.10. The molecule has 0 fully saturated rings. The van der Waals surface area contributed by atoms with Crippen molar-refractivity contribution in [1.29, 1.82) is 0 Å². The Morgan fingerprint density at radius 1 is 0.471 bits per heavy atom. The van der Waals surface area contributed by atoms with Gasteiger partial charge < -0.3 is 4.57 Å². The second kappa shape index (κ2) is 5.87. The number of hydrogen-bond acceptors (Lipinski definition) is 0. The van der Waals surface area contributed by atoms with E-state index in [-0.39, 0.29) is 0 Å². The summed E-state index contributed by atoms with van der Waals surface area (Å²) in [6.07, 6.45) is 3.11. The van der Waals surface area contributed by atoms with Gasteiger partial charge in [0.1, 0.15) is 0 Å². The first-order valence-corrected chi connectivity index (χ1v) is 12.3. The Bertz CT molecular complexity index is 1880. The van der Waals surface area contributed by atoms with Crippen molar-refractivity contribution in [2.45, 2.75) is 19.3 Å². The molecule has 0 radical (unpaired) electrons. The summed E-state index contributed by atoms with van der Waals surface area (Å²) >= 11 is 0. The Balaban J connectivity index is 1.33. The number of nitrogens with zero attached hydrogens (tertiary/aromatic N) is 1. The van der Waals surface area contributed by atoms with Crippen LogP contribution in [-0.4, -0.2) is 4.57 Å². The van der Waals surface area contributed by atoms with Gasteiger partial charge in [-0.15, -0.1) is 0 Å². The third kappa shape index (κ3) is 1.94. The van der Waals surface area contributed by atoms with Crippen molar-refractivity contribution >= 4 is 21.8 Å². The SMILES string of the molecule is c1ccc2c(c1)Cc1ccc3c(c1-2)Cc1c-3ccc2c1Cc1cccc3c4ccccc4n-2c13. The van der Waals surface area contributed by atoms with E-state index in [0.717, 1.165) is 19.3 Å². The molecule has 34 heavy (non-hydrogen) atoms. The quantitative estimate of drug-likeness (QED) is 0.231. The highest BCUT2D eigenvalue weighted by atomic mass is 15.0. The fraction of sp³-hybridized carbons (Fsp3) is 0.0909. The molecule has 3 aliphatic rings. The minimum atomic E-state index is 1.01. The molecule has 0 N–H and O–H groups in total. The number of para-hydroxylation sites is 2. The van der Waals surface area contributed by atoms with Crippen LogP contribution in [0.25, 0.3) is 49.7 Å². The molecular formula is C33H21N. The van der Waals surface area contributed by atoms with Gasteiger partial charge in [0.05, 0.1) is 16.7 Å². The third-order valence-electron chi connectivity index (χ3n) is 8.50. The highest BCUT2D eigenvalue weighted by molar-refractivity contribution is 6.11. The van der Waals surface area contributed by atoms with E-state index in [1.165, 1.54) is 83.1 Å². The van der Waals surface area contributed by atoms with E-state index in [1.54, 1.807) is 0 Å². The summed E-state index contributed by atoms with van der Waals surface area (Å²) in [7, 11) is 0. The predicted octanol–water partition coefficient (Wildman–Crippen LogP) is 7.83. The summed E-state index contributed by atoms with van der Waals surface area (Å²) in [5.74, 6) is 0. The van der Waals surface area contributed by atoms with Crippen molar-refractivity contribution in [3.63, 3.8) is 0 Å². The summed E-state index contributed by atoms with van der Waals surface area (Å²) in [6.45, 7) is 0. The maximum Gasteiger partial charge on any atom is 0.0576 e. The molecule has 1 heteroatoms. The van der Waals surface area contributed by atoms with Gasteiger partial charge in [-0.1, -0.05) is 78.9 Å². The van der Waals surface area contributed by atoms with Crippen molar-refractivity contribution in [3.8, 4) is 27.9 Å². The van der Waals surface area contributed by atoms with Crippen LogP contribution in [0, 0.1) is 0 Å². The summed E-state index contributed by atoms with van der Waals surface area (Å²) in [5, 5.41) is 2.72. The zero-order valence-electron chi connectivity index (χ0n) is 18.7. The minimum Gasteiger partial charge on any atom is -0.309 e. The van der Waals surface area contributed by atoms with Gasteiger partial charge in [-0.05, 0) is 80.6 Å². The van der Waals surface area contributed by atoms with Crippen LogP contribution in [0.3, 0.4) is 0 Å². The van der Waals surface area contributed by atoms with Crippen molar-refractivity contribution in [2.24, 2.45) is 0 Å². The highest BCUT2D eigenvalue weighted by Gasteiger charge is 2.32. The van der Waals surface area contributed by atoms with Gasteiger partial charge in [0, 0.05) is 17.2 Å². The molecule has 9 rings (SSSR count). The van der Waals surface area contributed by atoms with Crippen LogP contribution < -0.4 is 0 Å². The Morgan fingerprint density at radius 2 is 1.26 bits per heavy atom. The average molecular weight is 432 g/mol. The number of benzene rings is 5. The smallest absolute Gasteiger partial charge is 0.0576 e. The first-order chi connectivity index (χ1) is 16.9. The van der Waals surface area contributed by atoms with Crippen LogP contribution in [0.15, 0.2) is 91.0 Å². The van der Waals surface area contributed by atoms with E-state index in [4.69, 9.17) is 0 Å². The monoisotopic (exact) mass is 431 g/mol. The number of hydrogen-bond donors (Lipinski definition) is 0. The second-order valence-electron chi connectivity index (χ2n) is 10.1. The van der Waals surface area contributed by atoms with Gasteiger partial charge in [-0.3, -0.25) is 0 Å². The predicted molar refractivity (Wildman–Crippen MR) is 140 cm³/mol. The van der Waals surface area contributed by atoms with Crippen LogP contribution in [0.1, 0.15) is 33.4 Å². The maximum absolute atomic E-state index is 2.53. The maximum atomic E-state index is 2.53. The Labute approximate surface area is 197 Å². The lowest BCUT2D eigenvalue weighted by molar-refractivity contribution is 1.02.